The number of nitrogens with zero attached hydrogens (tertiary/aromatic N) is 1. The minimum atomic E-state index is 0.200. The number of oxime groups is 1. The lowest BCUT2D eigenvalue weighted by Gasteiger charge is -2.08. The number of phenols is 1. The SMILES string of the molecule is CCCCCCCCCc1cc(C)c(O)c(C=NO)c1. The van der Waals surface area contributed by atoms with Gasteiger partial charge >= 0.3 is 0 Å². The minimum absolute atomic E-state index is 0.200. The highest BCUT2D eigenvalue weighted by molar-refractivity contribution is 5.84. The third-order valence-electron chi connectivity index (χ3n) is 3.66. The smallest absolute Gasteiger partial charge is 0.127 e. The molecule has 2 N–H and O–H groups in total. The molecule has 0 saturated heterocycles. The van der Waals surface area contributed by atoms with E-state index in [4.69, 9.17) is 5.21 Å². The summed E-state index contributed by atoms with van der Waals surface area (Å²) in [7, 11) is 0. The average Bonchev–Trinajstić information content (AvgIpc) is 2.43. The van der Waals surface area contributed by atoms with Crippen LogP contribution in [0.3, 0.4) is 0 Å². The standard InChI is InChI=1S/C17H27NO2/c1-3-4-5-6-7-8-9-10-15-11-14(2)17(19)16(12-15)13-18-20/h11-13,19-20H,3-10H2,1-2H3. The second-order valence-corrected chi connectivity index (χ2v) is 5.47. The number of hydrogen-bond acceptors (Lipinski definition) is 3. The maximum atomic E-state index is 9.84. The number of hydrogen-bond donors (Lipinski definition) is 2. The number of phenolic OH excluding ortho intramolecular Hbond substituents is 1. The molecule has 1 aromatic rings. The van der Waals surface area contributed by atoms with Gasteiger partial charge in [-0.2, -0.15) is 0 Å². The van der Waals surface area contributed by atoms with Crippen LogP contribution in [0, 0.1) is 6.92 Å². The Morgan fingerprint density at radius 2 is 1.70 bits per heavy atom. The zero-order valence-electron chi connectivity index (χ0n) is 12.7. The van der Waals surface area contributed by atoms with Crippen LogP contribution in [0.2, 0.25) is 0 Å². The van der Waals surface area contributed by atoms with E-state index in [0.29, 0.717) is 5.56 Å². The summed E-state index contributed by atoms with van der Waals surface area (Å²) in [6.07, 6.45) is 11.4. The summed E-state index contributed by atoms with van der Waals surface area (Å²) in [6.45, 7) is 4.11. The lowest BCUT2D eigenvalue weighted by molar-refractivity contribution is 0.321. The van der Waals surface area contributed by atoms with Crippen LogP contribution < -0.4 is 0 Å². The van der Waals surface area contributed by atoms with Gasteiger partial charge in [0.25, 0.3) is 0 Å². The van der Waals surface area contributed by atoms with Crippen LogP contribution in [0.1, 0.15) is 68.6 Å². The molecule has 0 saturated carbocycles. The van der Waals surface area contributed by atoms with Crippen molar-refractivity contribution in [2.24, 2.45) is 5.16 Å². The van der Waals surface area contributed by atoms with Crippen molar-refractivity contribution in [3.05, 3.63) is 28.8 Å². The van der Waals surface area contributed by atoms with Gasteiger partial charge in [0.05, 0.1) is 6.21 Å². The third-order valence-corrected chi connectivity index (χ3v) is 3.66. The van der Waals surface area contributed by atoms with Gasteiger partial charge in [-0.3, -0.25) is 0 Å². The molecule has 0 aliphatic carbocycles. The number of benzene rings is 1. The van der Waals surface area contributed by atoms with Gasteiger partial charge in [0.1, 0.15) is 5.75 Å². The normalized spacial score (nSPS) is 11.3. The van der Waals surface area contributed by atoms with Crippen molar-refractivity contribution in [1.29, 1.82) is 0 Å². The van der Waals surface area contributed by atoms with Crippen LogP contribution in [0.25, 0.3) is 0 Å². The Labute approximate surface area is 122 Å². The van der Waals surface area contributed by atoms with Crippen molar-refractivity contribution in [2.75, 3.05) is 0 Å². The average molecular weight is 277 g/mol. The van der Waals surface area contributed by atoms with Gasteiger partial charge in [0.2, 0.25) is 0 Å². The number of unbranched alkanes of at least 4 members (excludes halogenated alkanes) is 6. The van der Waals surface area contributed by atoms with Gasteiger partial charge < -0.3 is 10.3 Å². The van der Waals surface area contributed by atoms with E-state index < -0.39 is 0 Å². The van der Waals surface area contributed by atoms with E-state index in [1.165, 1.54) is 56.7 Å². The molecular formula is C17H27NO2. The molecule has 0 spiro atoms. The maximum absolute atomic E-state index is 9.84. The molecule has 1 aromatic carbocycles. The van der Waals surface area contributed by atoms with Crippen molar-refractivity contribution >= 4 is 6.21 Å². The summed E-state index contributed by atoms with van der Waals surface area (Å²) in [5.74, 6) is 0.200. The van der Waals surface area contributed by atoms with E-state index in [1.54, 1.807) is 0 Å². The molecule has 0 amide bonds. The lowest BCUT2D eigenvalue weighted by Crippen LogP contribution is -1.93. The minimum Gasteiger partial charge on any atom is -0.507 e. The van der Waals surface area contributed by atoms with E-state index in [-0.39, 0.29) is 5.75 Å². The Morgan fingerprint density at radius 1 is 1.05 bits per heavy atom. The zero-order valence-corrected chi connectivity index (χ0v) is 12.7. The summed E-state index contributed by atoms with van der Waals surface area (Å²) in [4.78, 5) is 0. The first-order chi connectivity index (χ1) is 9.69. The van der Waals surface area contributed by atoms with Crippen LogP contribution in [-0.2, 0) is 6.42 Å². The van der Waals surface area contributed by atoms with E-state index >= 15 is 0 Å². The molecule has 0 aliphatic rings. The van der Waals surface area contributed by atoms with Gasteiger partial charge in [-0.15, -0.1) is 0 Å². The highest BCUT2D eigenvalue weighted by Crippen LogP contribution is 2.23. The molecule has 112 valence electrons. The third kappa shape index (κ3) is 5.64. The highest BCUT2D eigenvalue weighted by atomic mass is 16.4. The Balaban J connectivity index is 2.40. The molecule has 0 heterocycles. The molecule has 0 radical (unpaired) electrons. The van der Waals surface area contributed by atoms with Crippen molar-refractivity contribution in [3.8, 4) is 5.75 Å². The molecule has 20 heavy (non-hydrogen) atoms. The van der Waals surface area contributed by atoms with Crippen LogP contribution in [-0.4, -0.2) is 16.5 Å². The summed E-state index contributed by atoms with van der Waals surface area (Å²) in [5.41, 5.74) is 2.62. The van der Waals surface area contributed by atoms with Crippen molar-refractivity contribution in [2.45, 2.75) is 65.2 Å². The molecule has 3 heteroatoms. The molecular weight excluding hydrogens is 250 g/mol. The van der Waals surface area contributed by atoms with Crippen molar-refractivity contribution in [3.63, 3.8) is 0 Å². The predicted octanol–water partition coefficient (Wildman–Crippen LogP) is 4.80. The van der Waals surface area contributed by atoms with Gasteiger partial charge in [0, 0.05) is 5.56 Å². The van der Waals surface area contributed by atoms with Gasteiger partial charge in [-0.1, -0.05) is 56.7 Å². The fraction of sp³-hybridized carbons (Fsp3) is 0.588. The monoisotopic (exact) mass is 277 g/mol. The number of aryl methyl sites for hydroxylation is 2. The summed E-state index contributed by atoms with van der Waals surface area (Å²) in [6, 6.07) is 3.92. The first-order valence-corrected chi connectivity index (χ1v) is 7.69. The van der Waals surface area contributed by atoms with Crippen molar-refractivity contribution in [1.82, 2.24) is 0 Å². The Morgan fingerprint density at radius 3 is 2.35 bits per heavy atom. The van der Waals surface area contributed by atoms with Crippen LogP contribution in [0.4, 0.5) is 0 Å². The van der Waals surface area contributed by atoms with Gasteiger partial charge in [0.15, 0.2) is 0 Å². The summed E-state index contributed by atoms with van der Waals surface area (Å²) < 4.78 is 0. The fourth-order valence-corrected chi connectivity index (χ4v) is 2.48. The highest BCUT2D eigenvalue weighted by Gasteiger charge is 2.05. The van der Waals surface area contributed by atoms with Crippen LogP contribution in [0.5, 0.6) is 5.75 Å². The maximum Gasteiger partial charge on any atom is 0.127 e. The van der Waals surface area contributed by atoms with Crippen LogP contribution in [0.15, 0.2) is 17.3 Å². The quantitative estimate of drug-likeness (QED) is 0.295. The molecule has 0 unspecified atom stereocenters. The van der Waals surface area contributed by atoms with E-state index in [9.17, 15) is 5.11 Å². The summed E-state index contributed by atoms with van der Waals surface area (Å²) in [5, 5.41) is 21.4. The van der Waals surface area contributed by atoms with Crippen LogP contribution >= 0.6 is 0 Å². The number of aromatic hydroxyl groups is 1. The molecule has 3 nitrogen and oxygen atoms in total. The first-order valence-electron chi connectivity index (χ1n) is 7.69. The Kier molecular flexibility index (Phi) is 7.78. The molecule has 0 atom stereocenters. The lowest BCUT2D eigenvalue weighted by atomic mass is 10.00. The molecule has 0 fully saturated rings. The Bertz CT molecular complexity index is 427. The van der Waals surface area contributed by atoms with Crippen molar-refractivity contribution < 1.29 is 10.3 Å². The largest absolute Gasteiger partial charge is 0.507 e. The number of rotatable bonds is 9. The zero-order chi connectivity index (χ0) is 14.8. The molecule has 1 rings (SSSR count). The Hall–Kier alpha value is -1.51. The second-order valence-electron chi connectivity index (χ2n) is 5.47. The first kappa shape index (κ1) is 16.5. The fourth-order valence-electron chi connectivity index (χ4n) is 2.48. The topological polar surface area (TPSA) is 52.8 Å². The molecule has 0 bridgehead atoms. The molecule has 0 aromatic heterocycles. The van der Waals surface area contributed by atoms with Gasteiger partial charge in [-0.05, 0) is 37.0 Å². The molecule has 0 aliphatic heterocycles. The van der Waals surface area contributed by atoms with E-state index in [0.717, 1.165) is 12.0 Å². The van der Waals surface area contributed by atoms with E-state index in [2.05, 4.69) is 12.1 Å². The summed E-state index contributed by atoms with van der Waals surface area (Å²) >= 11 is 0. The van der Waals surface area contributed by atoms with Gasteiger partial charge in [-0.25, -0.2) is 0 Å². The van der Waals surface area contributed by atoms with E-state index in [1.807, 2.05) is 19.1 Å². The second kappa shape index (κ2) is 9.40. The predicted molar refractivity (Wildman–Crippen MR) is 83.9 cm³/mol.